The molecule has 3 nitrogen and oxygen atoms in total. The minimum Gasteiger partial charge on any atom is -0.327 e. The average molecular weight is 213 g/mol. The monoisotopic (exact) mass is 213 g/mol. The Balaban J connectivity index is 2.73. The van der Waals surface area contributed by atoms with Gasteiger partial charge in [0, 0.05) is 6.54 Å². The van der Waals surface area contributed by atoms with E-state index in [4.69, 9.17) is 5.26 Å². The zero-order valence-corrected chi connectivity index (χ0v) is 9.91. The summed E-state index contributed by atoms with van der Waals surface area (Å²) in [4.78, 5) is 4.52. The Kier molecular flexibility index (Phi) is 2.66. The van der Waals surface area contributed by atoms with Gasteiger partial charge in [-0.05, 0) is 44.0 Å². The molecule has 0 spiro atoms. The second kappa shape index (κ2) is 3.97. The molecule has 1 aromatic carbocycles. The van der Waals surface area contributed by atoms with E-state index in [2.05, 4.69) is 48.5 Å². The first-order valence-corrected chi connectivity index (χ1v) is 5.50. The molecular formula is C13H15N3. The summed E-state index contributed by atoms with van der Waals surface area (Å²) in [5, 5.41) is 8.77. The molecule has 0 fully saturated rings. The maximum Gasteiger partial charge on any atom is 0.124 e. The van der Waals surface area contributed by atoms with Crippen LogP contribution < -0.4 is 0 Å². The fourth-order valence-corrected chi connectivity index (χ4v) is 1.99. The summed E-state index contributed by atoms with van der Waals surface area (Å²) >= 11 is 0. The molecule has 3 heteroatoms. The van der Waals surface area contributed by atoms with Crippen molar-refractivity contribution in [1.29, 1.82) is 5.26 Å². The number of aromatic nitrogens is 2. The molecular weight excluding hydrogens is 198 g/mol. The first-order valence-electron chi connectivity index (χ1n) is 5.50. The lowest BCUT2D eigenvalue weighted by Gasteiger charge is -2.04. The zero-order valence-electron chi connectivity index (χ0n) is 9.91. The third-order valence-electron chi connectivity index (χ3n) is 3.00. The van der Waals surface area contributed by atoms with Gasteiger partial charge in [-0.25, -0.2) is 4.98 Å². The molecule has 0 atom stereocenters. The fourth-order valence-electron chi connectivity index (χ4n) is 1.99. The Labute approximate surface area is 95.3 Å². The van der Waals surface area contributed by atoms with Crippen LogP contribution in [-0.4, -0.2) is 9.55 Å². The topological polar surface area (TPSA) is 41.6 Å². The van der Waals surface area contributed by atoms with E-state index in [-0.39, 0.29) is 0 Å². The number of imidazole rings is 1. The van der Waals surface area contributed by atoms with E-state index >= 15 is 0 Å². The molecule has 0 N–H and O–H groups in total. The van der Waals surface area contributed by atoms with Crippen LogP contribution in [0.5, 0.6) is 0 Å². The highest BCUT2D eigenvalue weighted by atomic mass is 15.1. The normalized spacial score (nSPS) is 10.6. The van der Waals surface area contributed by atoms with E-state index in [9.17, 15) is 0 Å². The maximum atomic E-state index is 8.77. The zero-order chi connectivity index (χ0) is 11.7. The van der Waals surface area contributed by atoms with Crippen molar-refractivity contribution in [3.8, 4) is 6.07 Å². The molecule has 1 aromatic heterocycles. The Bertz CT molecular complexity index is 573. The fraction of sp³-hybridized carbons (Fsp3) is 0.385. The first kappa shape index (κ1) is 10.7. The van der Waals surface area contributed by atoms with Gasteiger partial charge < -0.3 is 4.57 Å². The Morgan fingerprint density at radius 2 is 2.00 bits per heavy atom. The van der Waals surface area contributed by atoms with Crippen LogP contribution in [-0.2, 0) is 13.0 Å². The predicted octanol–water partition coefficient (Wildman–Crippen LogP) is 2.74. The maximum absolute atomic E-state index is 8.77. The van der Waals surface area contributed by atoms with Gasteiger partial charge in [-0.2, -0.15) is 5.26 Å². The largest absolute Gasteiger partial charge is 0.327 e. The summed E-state index contributed by atoms with van der Waals surface area (Å²) in [6.07, 6.45) is 0.376. The molecule has 0 aliphatic carbocycles. The van der Waals surface area contributed by atoms with Crippen molar-refractivity contribution in [3.63, 3.8) is 0 Å². The van der Waals surface area contributed by atoms with E-state index in [1.165, 1.54) is 11.1 Å². The predicted molar refractivity (Wildman–Crippen MR) is 64.2 cm³/mol. The highest BCUT2D eigenvalue weighted by molar-refractivity contribution is 5.78. The molecule has 0 unspecified atom stereocenters. The van der Waals surface area contributed by atoms with E-state index in [0.717, 1.165) is 23.4 Å². The molecule has 82 valence electrons. The van der Waals surface area contributed by atoms with Crippen molar-refractivity contribution in [3.05, 3.63) is 29.1 Å². The number of benzene rings is 1. The third kappa shape index (κ3) is 1.57. The van der Waals surface area contributed by atoms with Crippen LogP contribution in [0.1, 0.15) is 23.9 Å². The molecule has 0 saturated carbocycles. The molecule has 1 heterocycles. The van der Waals surface area contributed by atoms with Crippen LogP contribution >= 0.6 is 0 Å². The Hall–Kier alpha value is -1.82. The van der Waals surface area contributed by atoms with Gasteiger partial charge in [0.2, 0.25) is 0 Å². The molecule has 0 radical (unpaired) electrons. The van der Waals surface area contributed by atoms with Crippen molar-refractivity contribution in [2.24, 2.45) is 0 Å². The van der Waals surface area contributed by atoms with Crippen LogP contribution in [0.3, 0.4) is 0 Å². The van der Waals surface area contributed by atoms with Gasteiger partial charge in [-0.15, -0.1) is 0 Å². The van der Waals surface area contributed by atoms with Gasteiger partial charge >= 0.3 is 0 Å². The summed E-state index contributed by atoms with van der Waals surface area (Å²) in [5.41, 5.74) is 4.65. The molecule has 0 saturated heterocycles. The quantitative estimate of drug-likeness (QED) is 0.769. The lowest BCUT2D eigenvalue weighted by Crippen LogP contribution is -2.00. The van der Waals surface area contributed by atoms with E-state index in [1.54, 1.807) is 0 Å². The number of fused-ring (bicyclic) bond motifs is 1. The lowest BCUT2D eigenvalue weighted by molar-refractivity contribution is 0.739. The highest BCUT2D eigenvalue weighted by Gasteiger charge is 2.10. The summed E-state index contributed by atoms with van der Waals surface area (Å²) in [6, 6.07) is 6.42. The third-order valence-corrected chi connectivity index (χ3v) is 3.00. The number of rotatable bonds is 2. The summed E-state index contributed by atoms with van der Waals surface area (Å²) in [7, 11) is 0. The standard InChI is InChI=1S/C13H15N3/c1-4-16-12-8-10(3)9(2)7-11(12)15-13(16)5-6-14/h7-8H,4-5H2,1-3H3. The van der Waals surface area contributed by atoms with Crippen LogP contribution in [0.2, 0.25) is 0 Å². The minimum absolute atomic E-state index is 0.376. The second-order valence-corrected chi connectivity index (χ2v) is 4.03. The van der Waals surface area contributed by atoms with Gasteiger partial charge in [-0.3, -0.25) is 0 Å². The van der Waals surface area contributed by atoms with Crippen LogP contribution in [0.4, 0.5) is 0 Å². The molecule has 16 heavy (non-hydrogen) atoms. The number of aryl methyl sites for hydroxylation is 3. The Morgan fingerprint density at radius 3 is 2.62 bits per heavy atom. The Morgan fingerprint density at radius 1 is 1.31 bits per heavy atom. The molecule has 0 amide bonds. The van der Waals surface area contributed by atoms with Crippen molar-refractivity contribution in [1.82, 2.24) is 9.55 Å². The highest BCUT2D eigenvalue weighted by Crippen LogP contribution is 2.20. The van der Waals surface area contributed by atoms with Gasteiger partial charge in [0.25, 0.3) is 0 Å². The van der Waals surface area contributed by atoms with Crippen molar-refractivity contribution in [2.75, 3.05) is 0 Å². The average Bonchev–Trinajstić information content (AvgIpc) is 2.56. The van der Waals surface area contributed by atoms with Crippen molar-refractivity contribution in [2.45, 2.75) is 33.7 Å². The molecule has 2 rings (SSSR count). The number of hydrogen-bond donors (Lipinski definition) is 0. The summed E-state index contributed by atoms with van der Waals surface area (Å²) < 4.78 is 2.12. The number of nitrogens with zero attached hydrogens (tertiary/aromatic N) is 3. The van der Waals surface area contributed by atoms with Crippen molar-refractivity contribution >= 4 is 11.0 Å². The molecule has 2 aromatic rings. The summed E-state index contributed by atoms with van der Waals surface area (Å²) in [5.74, 6) is 0.866. The van der Waals surface area contributed by atoms with E-state index in [0.29, 0.717) is 6.42 Å². The smallest absolute Gasteiger partial charge is 0.124 e. The molecule has 0 aliphatic heterocycles. The number of hydrogen-bond acceptors (Lipinski definition) is 2. The van der Waals surface area contributed by atoms with Crippen molar-refractivity contribution < 1.29 is 0 Å². The van der Waals surface area contributed by atoms with Gasteiger partial charge in [0.1, 0.15) is 5.82 Å². The van der Waals surface area contributed by atoms with Crippen LogP contribution in [0.25, 0.3) is 11.0 Å². The van der Waals surface area contributed by atoms with Gasteiger partial charge in [0.15, 0.2) is 0 Å². The first-order chi connectivity index (χ1) is 7.67. The van der Waals surface area contributed by atoms with Crippen LogP contribution in [0.15, 0.2) is 12.1 Å². The van der Waals surface area contributed by atoms with Gasteiger partial charge in [-0.1, -0.05) is 0 Å². The molecule has 0 aliphatic rings. The summed E-state index contributed by atoms with van der Waals surface area (Å²) in [6.45, 7) is 7.13. The van der Waals surface area contributed by atoms with Crippen LogP contribution in [0, 0.1) is 25.2 Å². The minimum atomic E-state index is 0.376. The van der Waals surface area contributed by atoms with E-state index in [1.807, 2.05) is 0 Å². The SMILES string of the molecule is CCn1c(CC#N)nc2cc(C)c(C)cc21. The van der Waals surface area contributed by atoms with E-state index < -0.39 is 0 Å². The lowest BCUT2D eigenvalue weighted by atomic mass is 10.1. The molecule has 0 bridgehead atoms. The number of nitriles is 1. The second-order valence-electron chi connectivity index (χ2n) is 4.03. The van der Waals surface area contributed by atoms with Gasteiger partial charge in [0.05, 0.1) is 23.5 Å².